The van der Waals surface area contributed by atoms with Crippen LogP contribution in [0.25, 0.3) is 11.0 Å². The number of anilines is 2. The van der Waals surface area contributed by atoms with Crippen molar-refractivity contribution in [1.82, 2.24) is 14.5 Å². The van der Waals surface area contributed by atoms with Gasteiger partial charge in [-0.1, -0.05) is 12.1 Å². The lowest BCUT2D eigenvalue weighted by Crippen LogP contribution is -2.03. The smallest absolute Gasteiger partial charge is 0.156 e. The van der Waals surface area contributed by atoms with E-state index in [0.717, 1.165) is 11.0 Å². The molecule has 1 N–H and O–H groups in total. The molecule has 0 atom stereocenters. The highest BCUT2D eigenvalue weighted by Crippen LogP contribution is 2.26. The van der Waals surface area contributed by atoms with Gasteiger partial charge in [-0.3, -0.25) is 0 Å². The molecular weight excluding hydrogens is 255 g/mol. The van der Waals surface area contributed by atoms with E-state index in [9.17, 15) is 4.39 Å². The van der Waals surface area contributed by atoms with E-state index in [0.29, 0.717) is 11.5 Å². The van der Waals surface area contributed by atoms with Crippen molar-refractivity contribution in [3.8, 4) is 0 Å². The van der Waals surface area contributed by atoms with E-state index in [4.69, 9.17) is 0 Å². The summed E-state index contributed by atoms with van der Waals surface area (Å²) in [4.78, 5) is 8.67. The molecule has 0 spiro atoms. The quantitative estimate of drug-likeness (QED) is 0.785. The molecule has 0 amide bonds. The summed E-state index contributed by atoms with van der Waals surface area (Å²) in [7, 11) is 0. The van der Waals surface area contributed by atoms with Crippen molar-refractivity contribution >= 4 is 22.5 Å². The summed E-state index contributed by atoms with van der Waals surface area (Å²) < 4.78 is 15.8. The Morgan fingerprint density at radius 2 is 1.95 bits per heavy atom. The average molecular weight is 270 g/mol. The number of rotatable bonds is 3. The van der Waals surface area contributed by atoms with Crippen LogP contribution in [0.1, 0.15) is 19.9 Å². The molecular formula is C15H15FN4. The first-order valence-electron chi connectivity index (χ1n) is 6.50. The third-order valence-corrected chi connectivity index (χ3v) is 3.17. The number of nitrogens with zero attached hydrogens (tertiary/aromatic N) is 3. The number of pyridine rings is 1. The molecule has 0 radical (unpaired) electrons. The summed E-state index contributed by atoms with van der Waals surface area (Å²) in [5.41, 5.74) is 2.13. The molecule has 102 valence electrons. The van der Waals surface area contributed by atoms with Gasteiger partial charge in [0, 0.05) is 12.2 Å². The molecule has 2 heterocycles. The van der Waals surface area contributed by atoms with Crippen molar-refractivity contribution < 1.29 is 4.39 Å². The van der Waals surface area contributed by atoms with Crippen LogP contribution in [-0.4, -0.2) is 14.5 Å². The molecule has 3 aromatic rings. The van der Waals surface area contributed by atoms with Crippen LogP contribution in [0.2, 0.25) is 0 Å². The second-order valence-electron chi connectivity index (χ2n) is 4.88. The van der Waals surface area contributed by atoms with E-state index < -0.39 is 0 Å². The number of benzene rings is 1. The lowest BCUT2D eigenvalue weighted by Gasteiger charge is -2.12. The molecule has 0 saturated heterocycles. The minimum absolute atomic E-state index is 0.255. The monoisotopic (exact) mass is 270 g/mol. The van der Waals surface area contributed by atoms with E-state index in [1.54, 1.807) is 30.7 Å². The summed E-state index contributed by atoms with van der Waals surface area (Å²) in [6.07, 6.45) is 3.45. The summed E-state index contributed by atoms with van der Waals surface area (Å²) in [5, 5.41) is 3.05. The summed E-state index contributed by atoms with van der Waals surface area (Å²) in [6.45, 7) is 4.14. The average Bonchev–Trinajstić information content (AvgIpc) is 2.86. The number of halogens is 1. The Bertz CT molecular complexity index is 748. The van der Waals surface area contributed by atoms with Crippen molar-refractivity contribution in [2.24, 2.45) is 0 Å². The number of fused-ring (bicyclic) bond motifs is 1. The fraction of sp³-hybridized carbons (Fsp3) is 0.200. The van der Waals surface area contributed by atoms with Gasteiger partial charge in [0.1, 0.15) is 11.3 Å². The Kier molecular flexibility index (Phi) is 3.10. The number of hydrogen-bond acceptors (Lipinski definition) is 3. The topological polar surface area (TPSA) is 42.7 Å². The van der Waals surface area contributed by atoms with Crippen molar-refractivity contribution in [1.29, 1.82) is 0 Å². The third-order valence-electron chi connectivity index (χ3n) is 3.17. The van der Waals surface area contributed by atoms with Gasteiger partial charge in [0.15, 0.2) is 5.82 Å². The number of para-hydroxylation sites is 1. The zero-order valence-corrected chi connectivity index (χ0v) is 11.3. The van der Waals surface area contributed by atoms with Gasteiger partial charge >= 0.3 is 0 Å². The molecule has 0 aliphatic heterocycles. The molecule has 5 heteroatoms. The maximum atomic E-state index is 13.7. The van der Waals surface area contributed by atoms with Gasteiger partial charge in [-0.25, -0.2) is 14.4 Å². The number of nitrogens with one attached hydrogen (secondary N) is 1. The van der Waals surface area contributed by atoms with Crippen molar-refractivity contribution in [2.75, 3.05) is 5.32 Å². The molecule has 1 aromatic carbocycles. The molecule has 0 aliphatic rings. The second kappa shape index (κ2) is 4.92. The van der Waals surface area contributed by atoms with E-state index in [1.165, 1.54) is 6.07 Å². The van der Waals surface area contributed by atoms with Crippen LogP contribution in [0.4, 0.5) is 15.9 Å². The number of imidazole rings is 1. The molecule has 2 aromatic heterocycles. The largest absolute Gasteiger partial charge is 0.336 e. The summed E-state index contributed by atoms with van der Waals surface area (Å²) >= 11 is 0. The van der Waals surface area contributed by atoms with Gasteiger partial charge in [0.25, 0.3) is 0 Å². The molecule has 0 saturated carbocycles. The second-order valence-corrected chi connectivity index (χ2v) is 4.88. The normalized spacial score (nSPS) is 11.2. The minimum Gasteiger partial charge on any atom is -0.336 e. The van der Waals surface area contributed by atoms with Crippen LogP contribution in [0.5, 0.6) is 0 Å². The molecule has 0 unspecified atom stereocenters. The molecule has 0 aliphatic carbocycles. The molecule has 4 nitrogen and oxygen atoms in total. The van der Waals surface area contributed by atoms with E-state index in [2.05, 4.69) is 29.1 Å². The van der Waals surface area contributed by atoms with Crippen LogP contribution in [0.3, 0.4) is 0 Å². The SMILES string of the molecule is CC(C)n1cnc2ccnc(Nc3ccccc3F)c21. The van der Waals surface area contributed by atoms with Crippen molar-refractivity contribution in [3.63, 3.8) is 0 Å². The fourth-order valence-corrected chi connectivity index (χ4v) is 2.16. The first-order chi connectivity index (χ1) is 9.66. The zero-order chi connectivity index (χ0) is 14.1. The molecule has 20 heavy (non-hydrogen) atoms. The lowest BCUT2D eigenvalue weighted by atomic mass is 10.3. The van der Waals surface area contributed by atoms with E-state index in [-0.39, 0.29) is 11.9 Å². The number of aromatic nitrogens is 3. The summed E-state index contributed by atoms with van der Waals surface area (Å²) in [5.74, 6) is 0.306. The van der Waals surface area contributed by atoms with Crippen LogP contribution >= 0.6 is 0 Å². The fourth-order valence-electron chi connectivity index (χ4n) is 2.16. The Morgan fingerprint density at radius 3 is 2.70 bits per heavy atom. The van der Waals surface area contributed by atoms with Gasteiger partial charge in [-0.15, -0.1) is 0 Å². The lowest BCUT2D eigenvalue weighted by molar-refractivity contribution is 0.617. The maximum absolute atomic E-state index is 13.7. The highest BCUT2D eigenvalue weighted by Gasteiger charge is 2.12. The predicted molar refractivity (Wildman–Crippen MR) is 77.6 cm³/mol. The molecule has 0 bridgehead atoms. The maximum Gasteiger partial charge on any atom is 0.156 e. The first kappa shape index (κ1) is 12.6. The minimum atomic E-state index is -0.304. The van der Waals surface area contributed by atoms with Gasteiger partial charge < -0.3 is 9.88 Å². The van der Waals surface area contributed by atoms with Crippen molar-refractivity contribution in [2.45, 2.75) is 19.9 Å². The predicted octanol–water partition coefficient (Wildman–Crippen LogP) is 3.89. The first-order valence-corrected chi connectivity index (χ1v) is 6.50. The molecule has 3 rings (SSSR count). The Labute approximate surface area is 116 Å². The Morgan fingerprint density at radius 1 is 1.15 bits per heavy atom. The van der Waals surface area contributed by atoms with Crippen molar-refractivity contribution in [3.05, 3.63) is 48.7 Å². The molecule has 0 fully saturated rings. The van der Waals surface area contributed by atoms with Crippen LogP contribution in [0.15, 0.2) is 42.9 Å². The van der Waals surface area contributed by atoms with E-state index in [1.807, 2.05) is 10.6 Å². The zero-order valence-electron chi connectivity index (χ0n) is 11.3. The summed E-state index contributed by atoms with van der Waals surface area (Å²) in [6, 6.07) is 8.65. The van der Waals surface area contributed by atoms with Gasteiger partial charge in [0.05, 0.1) is 17.5 Å². The standard InChI is InChI=1S/C15H15FN4/c1-10(2)20-9-18-13-7-8-17-15(14(13)20)19-12-6-4-3-5-11(12)16/h3-10H,1-2H3,(H,17,19). The van der Waals surface area contributed by atoms with Crippen LogP contribution < -0.4 is 5.32 Å². The third kappa shape index (κ3) is 2.11. The highest BCUT2D eigenvalue weighted by molar-refractivity contribution is 5.88. The van der Waals surface area contributed by atoms with Gasteiger partial charge in [-0.2, -0.15) is 0 Å². The van der Waals surface area contributed by atoms with Gasteiger partial charge in [0.2, 0.25) is 0 Å². The number of hydrogen-bond donors (Lipinski definition) is 1. The van der Waals surface area contributed by atoms with E-state index >= 15 is 0 Å². The van der Waals surface area contributed by atoms with Gasteiger partial charge in [-0.05, 0) is 32.0 Å². The Hall–Kier alpha value is -2.43. The van der Waals surface area contributed by atoms with Crippen LogP contribution in [-0.2, 0) is 0 Å². The Balaban J connectivity index is 2.12. The van der Waals surface area contributed by atoms with Crippen LogP contribution in [0, 0.1) is 5.82 Å². The highest BCUT2D eigenvalue weighted by atomic mass is 19.1.